The molecule has 0 bridgehead atoms. The van der Waals surface area contributed by atoms with Gasteiger partial charge in [-0.15, -0.1) is 11.8 Å². The minimum atomic E-state index is -0.691. The Bertz CT molecular complexity index is 459. The molecule has 4 rings (SSSR count). The number of carbonyl (C=O) groups is 1. The van der Waals surface area contributed by atoms with E-state index in [4.69, 9.17) is 0 Å². The lowest BCUT2D eigenvalue weighted by atomic mass is 9.79. The predicted molar refractivity (Wildman–Crippen MR) is 79.5 cm³/mol. The zero-order chi connectivity index (χ0) is 13.7. The normalized spacial score (nSPS) is 39.5. The summed E-state index contributed by atoms with van der Waals surface area (Å²) >= 11 is 2.00. The van der Waals surface area contributed by atoms with Crippen molar-refractivity contribution in [3.63, 3.8) is 0 Å². The molecule has 4 atom stereocenters. The van der Waals surface area contributed by atoms with E-state index >= 15 is 0 Å². The van der Waals surface area contributed by atoms with Gasteiger partial charge in [0.25, 0.3) is 0 Å². The minimum Gasteiger partial charge on any atom is -0.477 e. The van der Waals surface area contributed by atoms with Crippen molar-refractivity contribution < 1.29 is 9.90 Å². The molecule has 3 aliphatic heterocycles. The molecule has 1 saturated carbocycles. The third kappa shape index (κ3) is 1.90. The van der Waals surface area contributed by atoms with Crippen molar-refractivity contribution in [3.05, 3.63) is 11.3 Å². The number of rotatable bonds is 3. The number of thioether (sulfide) groups is 1. The van der Waals surface area contributed by atoms with E-state index in [0.717, 1.165) is 19.5 Å². The highest BCUT2D eigenvalue weighted by molar-refractivity contribution is 8.00. The molecular weight excluding hydrogens is 272 g/mol. The smallest absolute Gasteiger partial charge is 0.352 e. The molecule has 0 amide bonds. The van der Waals surface area contributed by atoms with Crippen LogP contribution >= 0.6 is 11.8 Å². The summed E-state index contributed by atoms with van der Waals surface area (Å²) in [5.41, 5.74) is 1.94. The van der Waals surface area contributed by atoms with Crippen LogP contribution in [0.4, 0.5) is 0 Å². The summed E-state index contributed by atoms with van der Waals surface area (Å²) < 4.78 is 0. The first-order valence-corrected chi connectivity index (χ1v) is 8.81. The van der Waals surface area contributed by atoms with E-state index in [0.29, 0.717) is 28.3 Å². The maximum atomic E-state index is 11.7. The number of nitrogens with one attached hydrogen (secondary N) is 1. The zero-order valence-corrected chi connectivity index (χ0v) is 12.5. The Kier molecular flexibility index (Phi) is 3.22. The van der Waals surface area contributed by atoms with Gasteiger partial charge >= 0.3 is 5.97 Å². The van der Waals surface area contributed by atoms with Crippen molar-refractivity contribution in [1.29, 1.82) is 0 Å². The Hall–Kier alpha value is -0.680. The average Bonchev–Trinajstić information content (AvgIpc) is 3.00. The van der Waals surface area contributed by atoms with E-state index in [9.17, 15) is 9.90 Å². The number of hydrogen-bond acceptors (Lipinski definition) is 4. The van der Waals surface area contributed by atoms with Crippen LogP contribution in [0.15, 0.2) is 11.3 Å². The van der Waals surface area contributed by atoms with Crippen LogP contribution in [0.5, 0.6) is 0 Å². The number of hydrogen-bond donors (Lipinski definition) is 2. The van der Waals surface area contributed by atoms with Crippen LogP contribution in [0, 0.1) is 5.92 Å². The van der Waals surface area contributed by atoms with E-state index in [1.54, 1.807) is 0 Å². The fourth-order valence-corrected chi connectivity index (χ4v) is 6.05. The van der Waals surface area contributed by atoms with Gasteiger partial charge in [-0.25, -0.2) is 4.79 Å². The van der Waals surface area contributed by atoms with Gasteiger partial charge in [0.2, 0.25) is 0 Å². The number of nitrogens with zero attached hydrogens (tertiary/aromatic N) is 1. The number of carboxylic acid groups (broad SMARTS) is 1. The van der Waals surface area contributed by atoms with Gasteiger partial charge in [-0.1, -0.05) is 6.42 Å². The van der Waals surface area contributed by atoms with Gasteiger partial charge in [0.05, 0.1) is 5.37 Å². The number of fused-ring (bicyclic) bond motifs is 3. The first-order chi connectivity index (χ1) is 9.75. The molecule has 0 radical (unpaired) electrons. The molecule has 4 aliphatic rings. The van der Waals surface area contributed by atoms with Crippen molar-refractivity contribution >= 4 is 17.7 Å². The van der Waals surface area contributed by atoms with E-state index in [2.05, 4.69) is 10.2 Å². The van der Waals surface area contributed by atoms with Gasteiger partial charge < -0.3 is 15.3 Å². The van der Waals surface area contributed by atoms with Crippen LogP contribution in [0.1, 0.15) is 38.5 Å². The van der Waals surface area contributed by atoms with Crippen molar-refractivity contribution in [2.75, 3.05) is 13.1 Å². The lowest BCUT2D eigenvalue weighted by Crippen LogP contribution is -2.54. The van der Waals surface area contributed by atoms with Gasteiger partial charge in [-0.2, -0.15) is 0 Å². The third-order valence-corrected chi connectivity index (χ3v) is 6.88. The van der Waals surface area contributed by atoms with Crippen molar-refractivity contribution in [1.82, 2.24) is 10.2 Å². The van der Waals surface area contributed by atoms with Crippen LogP contribution in [0.3, 0.4) is 0 Å². The second kappa shape index (κ2) is 4.95. The summed E-state index contributed by atoms with van der Waals surface area (Å²) in [6.07, 6.45) is 7.08. The molecular formula is C15H22N2O2S. The van der Waals surface area contributed by atoms with Crippen LogP contribution in [0.2, 0.25) is 0 Å². The summed E-state index contributed by atoms with van der Waals surface area (Å²) in [6.45, 7) is 2.20. The van der Waals surface area contributed by atoms with Crippen LogP contribution in [-0.4, -0.2) is 45.7 Å². The summed E-state index contributed by atoms with van der Waals surface area (Å²) in [5, 5.41) is 14.1. The summed E-state index contributed by atoms with van der Waals surface area (Å²) in [4.78, 5) is 14.0. The fraction of sp³-hybridized carbons (Fsp3) is 0.800. The number of carboxylic acids is 1. The van der Waals surface area contributed by atoms with E-state index in [-0.39, 0.29) is 0 Å². The molecule has 3 fully saturated rings. The minimum absolute atomic E-state index is 0.411. The third-order valence-electron chi connectivity index (χ3n) is 5.36. The van der Waals surface area contributed by atoms with Gasteiger partial charge in [0.15, 0.2) is 0 Å². The van der Waals surface area contributed by atoms with E-state index < -0.39 is 5.97 Å². The van der Waals surface area contributed by atoms with Crippen molar-refractivity contribution in [3.8, 4) is 0 Å². The second-order valence-electron chi connectivity index (χ2n) is 6.45. The Balaban J connectivity index is 1.55. The predicted octanol–water partition coefficient (Wildman–Crippen LogP) is 2.02. The molecule has 3 unspecified atom stereocenters. The topological polar surface area (TPSA) is 52.6 Å². The molecule has 110 valence electrons. The molecule has 0 aromatic heterocycles. The van der Waals surface area contributed by atoms with Crippen molar-refractivity contribution in [2.24, 2.45) is 5.92 Å². The highest BCUT2D eigenvalue weighted by Gasteiger charge is 2.53. The highest BCUT2D eigenvalue weighted by Crippen LogP contribution is 2.54. The fourth-order valence-electron chi connectivity index (χ4n) is 4.44. The largest absolute Gasteiger partial charge is 0.477 e. The van der Waals surface area contributed by atoms with Crippen LogP contribution in [0.25, 0.3) is 0 Å². The van der Waals surface area contributed by atoms with Crippen molar-refractivity contribution in [2.45, 2.75) is 55.2 Å². The molecule has 1 aliphatic carbocycles. The zero-order valence-electron chi connectivity index (χ0n) is 11.7. The summed E-state index contributed by atoms with van der Waals surface area (Å²) in [7, 11) is 0. The summed E-state index contributed by atoms with van der Waals surface area (Å²) in [5.74, 6) is -0.141. The lowest BCUT2D eigenvalue weighted by Gasteiger charge is -2.49. The van der Waals surface area contributed by atoms with Gasteiger partial charge in [-0.05, 0) is 44.2 Å². The molecule has 2 saturated heterocycles. The van der Waals surface area contributed by atoms with Crippen LogP contribution in [-0.2, 0) is 4.79 Å². The number of aliphatic carboxylic acids is 1. The van der Waals surface area contributed by atoms with E-state index in [1.807, 2.05) is 11.8 Å². The molecule has 4 nitrogen and oxygen atoms in total. The quantitative estimate of drug-likeness (QED) is 0.834. The Morgan fingerprint density at radius 3 is 3.00 bits per heavy atom. The van der Waals surface area contributed by atoms with Crippen LogP contribution < -0.4 is 5.32 Å². The molecule has 20 heavy (non-hydrogen) atoms. The van der Waals surface area contributed by atoms with Gasteiger partial charge in [0, 0.05) is 23.8 Å². The van der Waals surface area contributed by atoms with Gasteiger partial charge in [0.1, 0.15) is 5.70 Å². The molecule has 0 aromatic carbocycles. The lowest BCUT2D eigenvalue weighted by molar-refractivity contribution is -0.135. The first kappa shape index (κ1) is 13.0. The first-order valence-electron chi connectivity index (χ1n) is 7.86. The average molecular weight is 294 g/mol. The monoisotopic (exact) mass is 294 g/mol. The Labute approximate surface area is 124 Å². The molecule has 0 aromatic rings. The Morgan fingerprint density at radius 1 is 1.35 bits per heavy atom. The second-order valence-corrected chi connectivity index (χ2v) is 7.93. The highest BCUT2D eigenvalue weighted by atomic mass is 32.2. The summed E-state index contributed by atoms with van der Waals surface area (Å²) in [6, 6.07) is 0.503. The standard InChI is InChI=1S/C15H22N2O2S/c18-15(19)14-11-4-2-1-3-10(11)12-7-13(17(12)14)20-9-5-6-16-8-9/h9-10,12-13,16H,1-8H2,(H,18,19)/t9?,10?,12?,13-/m0/s1. The molecule has 0 spiro atoms. The Morgan fingerprint density at radius 2 is 2.25 bits per heavy atom. The van der Waals surface area contributed by atoms with Gasteiger partial charge in [-0.3, -0.25) is 0 Å². The maximum Gasteiger partial charge on any atom is 0.352 e. The maximum absolute atomic E-state index is 11.7. The SMILES string of the molecule is O=C(O)C1=C2CCCCC2C2C[C@H](SC3CCNC3)N12. The molecule has 3 heterocycles. The van der Waals surface area contributed by atoms with E-state index in [1.165, 1.54) is 37.7 Å². The molecule has 5 heteroatoms. The molecule has 2 N–H and O–H groups in total.